The standard InChI is InChI=1S/C18H34N6O.HI/c1-3-25-15-8-6-12-20-18(19-2)21-13-9-11-17-23-22-16-10-5-4-7-14-24(16)17;/h3-15H2,1-2H3,(H2,19,20,21);1H. The van der Waals surface area contributed by atoms with Crippen LogP contribution in [0.5, 0.6) is 0 Å². The minimum atomic E-state index is 0. The summed E-state index contributed by atoms with van der Waals surface area (Å²) in [5.41, 5.74) is 0. The fourth-order valence-electron chi connectivity index (χ4n) is 3.08. The lowest BCUT2D eigenvalue weighted by Gasteiger charge is -2.12. The minimum absolute atomic E-state index is 0. The fraction of sp³-hybridized carbons (Fsp3) is 0.833. The van der Waals surface area contributed by atoms with E-state index in [1.807, 2.05) is 14.0 Å². The fourth-order valence-corrected chi connectivity index (χ4v) is 3.08. The number of aryl methyl sites for hydroxylation is 2. The molecule has 2 rings (SSSR count). The first-order valence-corrected chi connectivity index (χ1v) is 9.78. The summed E-state index contributed by atoms with van der Waals surface area (Å²) in [6, 6.07) is 0. The van der Waals surface area contributed by atoms with Crippen molar-refractivity contribution in [3.63, 3.8) is 0 Å². The molecule has 1 aromatic rings. The molecule has 7 nitrogen and oxygen atoms in total. The van der Waals surface area contributed by atoms with Gasteiger partial charge in [-0.3, -0.25) is 4.99 Å². The molecule has 0 bridgehead atoms. The van der Waals surface area contributed by atoms with Crippen molar-refractivity contribution in [1.29, 1.82) is 0 Å². The zero-order valence-electron chi connectivity index (χ0n) is 16.3. The molecule has 0 saturated heterocycles. The monoisotopic (exact) mass is 478 g/mol. The van der Waals surface area contributed by atoms with E-state index in [0.717, 1.165) is 76.7 Å². The van der Waals surface area contributed by atoms with Gasteiger partial charge in [-0.15, -0.1) is 34.2 Å². The smallest absolute Gasteiger partial charge is 0.190 e. The van der Waals surface area contributed by atoms with E-state index in [-0.39, 0.29) is 24.0 Å². The van der Waals surface area contributed by atoms with Crippen LogP contribution in [0.25, 0.3) is 0 Å². The Morgan fingerprint density at radius 2 is 1.92 bits per heavy atom. The number of nitrogens with one attached hydrogen (secondary N) is 2. The Kier molecular flexibility index (Phi) is 12.6. The SMILES string of the molecule is CCOCCCCNC(=NC)NCCCc1nnc2n1CCCCC2.I. The number of rotatable bonds is 10. The first-order valence-electron chi connectivity index (χ1n) is 9.78. The van der Waals surface area contributed by atoms with Crippen molar-refractivity contribution in [3.05, 3.63) is 11.6 Å². The molecule has 0 atom stereocenters. The molecule has 2 heterocycles. The van der Waals surface area contributed by atoms with Gasteiger partial charge < -0.3 is 19.9 Å². The molecular formula is C18H35IN6O. The van der Waals surface area contributed by atoms with E-state index in [4.69, 9.17) is 4.74 Å². The lowest BCUT2D eigenvalue weighted by Crippen LogP contribution is -2.38. The van der Waals surface area contributed by atoms with Crippen molar-refractivity contribution in [3.8, 4) is 0 Å². The van der Waals surface area contributed by atoms with Crippen LogP contribution >= 0.6 is 24.0 Å². The quantitative estimate of drug-likeness (QED) is 0.234. The van der Waals surface area contributed by atoms with E-state index in [9.17, 15) is 0 Å². The molecule has 8 heteroatoms. The van der Waals surface area contributed by atoms with Gasteiger partial charge in [0.25, 0.3) is 0 Å². The summed E-state index contributed by atoms with van der Waals surface area (Å²) in [5, 5.41) is 15.5. The van der Waals surface area contributed by atoms with E-state index >= 15 is 0 Å². The molecule has 1 aliphatic heterocycles. The summed E-state index contributed by atoms with van der Waals surface area (Å²) >= 11 is 0. The summed E-state index contributed by atoms with van der Waals surface area (Å²) in [6.45, 7) is 6.56. The Morgan fingerprint density at radius 1 is 1.12 bits per heavy atom. The number of hydrogen-bond acceptors (Lipinski definition) is 4. The second-order valence-corrected chi connectivity index (χ2v) is 6.43. The number of unbranched alkanes of at least 4 members (excludes halogenated alkanes) is 1. The van der Waals surface area contributed by atoms with Gasteiger partial charge in [-0.2, -0.15) is 0 Å². The van der Waals surface area contributed by atoms with Gasteiger partial charge in [0.05, 0.1) is 0 Å². The molecule has 0 fully saturated rings. The van der Waals surface area contributed by atoms with Crippen LogP contribution < -0.4 is 10.6 Å². The third-order valence-electron chi connectivity index (χ3n) is 4.49. The van der Waals surface area contributed by atoms with Crippen molar-refractivity contribution in [2.75, 3.05) is 33.4 Å². The molecule has 2 N–H and O–H groups in total. The number of halogens is 1. The second kappa shape index (κ2) is 14.2. The summed E-state index contributed by atoms with van der Waals surface area (Å²) in [7, 11) is 1.81. The maximum Gasteiger partial charge on any atom is 0.190 e. The molecule has 1 aromatic heterocycles. The molecular weight excluding hydrogens is 443 g/mol. The van der Waals surface area contributed by atoms with Crippen LogP contribution in [0.15, 0.2) is 4.99 Å². The third-order valence-corrected chi connectivity index (χ3v) is 4.49. The Labute approximate surface area is 174 Å². The molecule has 0 radical (unpaired) electrons. The van der Waals surface area contributed by atoms with Gasteiger partial charge in [0.15, 0.2) is 5.96 Å². The van der Waals surface area contributed by atoms with E-state index in [2.05, 4.69) is 30.4 Å². The van der Waals surface area contributed by atoms with Crippen molar-refractivity contribution in [2.24, 2.45) is 4.99 Å². The van der Waals surface area contributed by atoms with Crippen molar-refractivity contribution in [2.45, 2.75) is 64.8 Å². The van der Waals surface area contributed by atoms with Crippen LogP contribution in [-0.4, -0.2) is 54.1 Å². The molecule has 0 aliphatic carbocycles. The number of fused-ring (bicyclic) bond motifs is 1. The maximum atomic E-state index is 5.34. The summed E-state index contributed by atoms with van der Waals surface area (Å²) < 4.78 is 7.67. The van der Waals surface area contributed by atoms with E-state index in [1.54, 1.807) is 0 Å². The first-order chi connectivity index (χ1) is 12.3. The highest BCUT2D eigenvalue weighted by Gasteiger charge is 2.14. The van der Waals surface area contributed by atoms with E-state index in [1.165, 1.54) is 25.1 Å². The van der Waals surface area contributed by atoms with Gasteiger partial charge in [0.1, 0.15) is 11.6 Å². The Morgan fingerprint density at radius 3 is 2.69 bits per heavy atom. The number of hydrogen-bond donors (Lipinski definition) is 2. The van der Waals surface area contributed by atoms with E-state index in [0.29, 0.717) is 0 Å². The molecule has 0 amide bonds. The van der Waals surface area contributed by atoms with Gasteiger partial charge in [0.2, 0.25) is 0 Å². The van der Waals surface area contributed by atoms with Gasteiger partial charge in [-0.25, -0.2) is 0 Å². The van der Waals surface area contributed by atoms with Crippen LogP contribution in [-0.2, 0) is 24.1 Å². The number of guanidine groups is 1. The minimum Gasteiger partial charge on any atom is -0.382 e. The molecule has 0 aromatic carbocycles. The maximum absolute atomic E-state index is 5.34. The van der Waals surface area contributed by atoms with Gasteiger partial charge in [0, 0.05) is 52.7 Å². The number of aliphatic imine (C=N–C) groups is 1. The molecule has 0 spiro atoms. The summed E-state index contributed by atoms with van der Waals surface area (Å²) in [6.07, 6.45) is 9.03. The van der Waals surface area contributed by atoms with Crippen LogP contribution in [0.4, 0.5) is 0 Å². The Hall–Kier alpha value is -0.900. The molecule has 0 saturated carbocycles. The Bertz CT molecular complexity index is 520. The topological polar surface area (TPSA) is 76.4 Å². The predicted octanol–water partition coefficient (Wildman–Crippen LogP) is 2.54. The molecule has 0 unspecified atom stereocenters. The van der Waals surface area contributed by atoms with Gasteiger partial charge >= 0.3 is 0 Å². The highest BCUT2D eigenvalue weighted by atomic mass is 127. The molecule has 150 valence electrons. The highest BCUT2D eigenvalue weighted by Crippen LogP contribution is 2.15. The molecule has 26 heavy (non-hydrogen) atoms. The highest BCUT2D eigenvalue weighted by molar-refractivity contribution is 14.0. The third kappa shape index (κ3) is 8.20. The van der Waals surface area contributed by atoms with Crippen molar-refractivity contribution >= 4 is 29.9 Å². The zero-order chi connectivity index (χ0) is 17.7. The van der Waals surface area contributed by atoms with Crippen LogP contribution in [0.2, 0.25) is 0 Å². The van der Waals surface area contributed by atoms with Crippen molar-refractivity contribution < 1.29 is 4.74 Å². The lowest BCUT2D eigenvalue weighted by atomic mass is 10.2. The van der Waals surface area contributed by atoms with E-state index < -0.39 is 0 Å². The second-order valence-electron chi connectivity index (χ2n) is 6.43. The van der Waals surface area contributed by atoms with Crippen molar-refractivity contribution in [1.82, 2.24) is 25.4 Å². The summed E-state index contributed by atoms with van der Waals surface area (Å²) in [5.74, 6) is 3.18. The van der Waals surface area contributed by atoms with Crippen LogP contribution in [0.1, 0.15) is 57.1 Å². The first kappa shape index (κ1) is 23.1. The number of ether oxygens (including phenoxy) is 1. The summed E-state index contributed by atoms with van der Waals surface area (Å²) in [4.78, 5) is 4.27. The largest absolute Gasteiger partial charge is 0.382 e. The lowest BCUT2D eigenvalue weighted by molar-refractivity contribution is 0.143. The van der Waals surface area contributed by atoms with Gasteiger partial charge in [-0.05, 0) is 39.0 Å². The normalized spacial score (nSPS) is 14.3. The van der Waals surface area contributed by atoms with Crippen LogP contribution in [0.3, 0.4) is 0 Å². The number of nitrogens with zero attached hydrogens (tertiary/aromatic N) is 4. The average molecular weight is 478 g/mol. The van der Waals surface area contributed by atoms with Crippen LogP contribution in [0, 0.1) is 0 Å². The zero-order valence-corrected chi connectivity index (χ0v) is 18.6. The average Bonchev–Trinajstić information content (AvgIpc) is 2.86. The van der Waals surface area contributed by atoms with Gasteiger partial charge in [-0.1, -0.05) is 6.42 Å². The number of aromatic nitrogens is 3. The Balaban J connectivity index is 0.00000338. The predicted molar refractivity (Wildman–Crippen MR) is 116 cm³/mol. The molecule has 1 aliphatic rings.